The molecule has 80 valence electrons. The molecule has 1 heterocycles. The Kier molecular flexibility index (Phi) is 3.01. The van der Waals surface area contributed by atoms with Gasteiger partial charge in [-0.3, -0.25) is 4.79 Å². The second-order valence-electron chi connectivity index (χ2n) is 4.68. The predicted molar refractivity (Wildman–Crippen MR) is 57.4 cm³/mol. The SMILES string of the molecule is CC1CCCCC1N1CC(Cl)CC1=O. The van der Waals surface area contributed by atoms with Crippen LogP contribution in [0.25, 0.3) is 0 Å². The fourth-order valence-electron chi connectivity index (χ4n) is 2.77. The molecule has 2 aliphatic rings. The minimum atomic E-state index is 0.0524. The van der Waals surface area contributed by atoms with Crippen LogP contribution in [-0.4, -0.2) is 28.8 Å². The van der Waals surface area contributed by atoms with Crippen molar-refractivity contribution in [3.05, 3.63) is 0 Å². The molecule has 0 radical (unpaired) electrons. The largest absolute Gasteiger partial charge is 0.338 e. The van der Waals surface area contributed by atoms with Gasteiger partial charge < -0.3 is 4.90 Å². The molecule has 0 N–H and O–H groups in total. The molecule has 14 heavy (non-hydrogen) atoms. The summed E-state index contributed by atoms with van der Waals surface area (Å²) in [6.07, 6.45) is 5.58. The second-order valence-corrected chi connectivity index (χ2v) is 5.29. The van der Waals surface area contributed by atoms with Crippen molar-refractivity contribution in [2.24, 2.45) is 5.92 Å². The van der Waals surface area contributed by atoms with Gasteiger partial charge in [0.2, 0.25) is 5.91 Å². The highest BCUT2D eigenvalue weighted by Gasteiger charge is 2.36. The minimum absolute atomic E-state index is 0.0524. The maximum atomic E-state index is 11.7. The van der Waals surface area contributed by atoms with E-state index in [1.807, 2.05) is 4.90 Å². The van der Waals surface area contributed by atoms with Crippen molar-refractivity contribution in [3.8, 4) is 0 Å². The van der Waals surface area contributed by atoms with Crippen LogP contribution in [0.15, 0.2) is 0 Å². The van der Waals surface area contributed by atoms with Crippen LogP contribution >= 0.6 is 11.6 Å². The molecule has 1 saturated carbocycles. The summed E-state index contributed by atoms with van der Waals surface area (Å²) in [5, 5.41) is 0.0524. The van der Waals surface area contributed by atoms with Crippen molar-refractivity contribution in [3.63, 3.8) is 0 Å². The van der Waals surface area contributed by atoms with Gasteiger partial charge in [-0.15, -0.1) is 11.6 Å². The number of likely N-dealkylation sites (tertiary alicyclic amines) is 1. The van der Waals surface area contributed by atoms with E-state index in [1.165, 1.54) is 25.7 Å². The topological polar surface area (TPSA) is 20.3 Å². The highest BCUT2D eigenvalue weighted by Crippen LogP contribution is 2.31. The number of nitrogens with zero attached hydrogens (tertiary/aromatic N) is 1. The number of alkyl halides is 1. The number of amides is 1. The Morgan fingerprint density at radius 1 is 1.36 bits per heavy atom. The van der Waals surface area contributed by atoms with Gasteiger partial charge in [0.1, 0.15) is 0 Å². The van der Waals surface area contributed by atoms with Crippen molar-refractivity contribution in [1.29, 1.82) is 0 Å². The zero-order valence-electron chi connectivity index (χ0n) is 8.71. The van der Waals surface area contributed by atoms with Crippen LogP contribution in [0.3, 0.4) is 0 Å². The maximum Gasteiger partial charge on any atom is 0.224 e. The van der Waals surface area contributed by atoms with Crippen molar-refractivity contribution < 1.29 is 4.79 Å². The van der Waals surface area contributed by atoms with Gasteiger partial charge in [0, 0.05) is 19.0 Å². The first-order valence-electron chi connectivity index (χ1n) is 5.62. The fourth-order valence-corrected chi connectivity index (χ4v) is 3.05. The molecule has 3 unspecified atom stereocenters. The quantitative estimate of drug-likeness (QED) is 0.616. The lowest BCUT2D eigenvalue weighted by molar-refractivity contribution is -0.131. The van der Waals surface area contributed by atoms with E-state index in [9.17, 15) is 4.79 Å². The Morgan fingerprint density at radius 2 is 2.07 bits per heavy atom. The molecule has 3 heteroatoms. The van der Waals surface area contributed by atoms with Gasteiger partial charge in [0.05, 0.1) is 5.38 Å². The van der Waals surface area contributed by atoms with Crippen LogP contribution in [0.1, 0.15) is 39.0 Å². The van der Waals surface area contributed by atoms with Crippen LogP contribution in [0.5, 0.6) is 0 Å². The molecular formula is C11H18ClNO. The van der Waals surface area contributed by atoms with E-state index >= 15 is 0 Å². The Bertz CT molecular complexity index is 231. The molecule has 2 fully saturated rings. The zero-order valence-corrected chi connectivity index (χ0v) is 9.46. The number of rotatable bonds is 1. The lowest BCUT2D eigenvalue weighted by Gasteiger charge is -2.36. The summed E-state index contributed by atoms with van der Waals surface area (Å²) >= 11 is 6.01. The maximum absolute atomic E-state index is 11.7. The van der Waals surface area contributed by atoms with Gasteiger partial charge in [-0.25, -0.2) is 0 Å². The number of hydrogen-bond donors (Lipinski definition) is 0. The van der Waals surface area contributed by atoms with Crippen LogP contribution in [0, 0.1) is 5.92 Å². The zero-order chi connectivity index (χ0) is 10.1. The Labute approximate surface area is 90.6 Å². The molecule has 2 rings (SSSR count). The average molecular weight is 216 g/mol. The Hall–Kier alpha value is -0.240. The number of carbonyl (C=O) groups excluding carboxylic acids is 1. The van der Waals surface area contributed by atoms with Crippen molar-refractivity contribution >= 4 is 17.5 Å². The smallest absolute Gasteiger partial charge is 0.224 e. The highest BCUT2D eigenvalue weighted by molar-refractivity contribution is 6.22. The third kappa shape index (κ3) is 1.90. The van der Waals surface area contributed by atoms with E-state index in [-0.39, 0.29) is 11.3 Å². The van der Waals surface area contributed by atoms with E-state index in [0.29, 0.717) is 18.4 Å². The first kappa shape index (κ1) is 10.3. The molecule has 0 aromatic rings. The number of hydrogen-bond acceptors (Lipinski definition) is 1. The summed E-state index contributed by atoms with van der Waals surface area (Å²) in [5.74, 6) is 0.929. The number of carbonyl (C=O) groups is 1. The summed E-state index contributed by atoms with van der Waals surface area (Å²) in [6, 6.07) is 0.472. The van der Waals surface area contributed by atoms with Crippen molar-refractivity contribution in [2.45, 2.75) is 50.4 Å². The third-order valence-electron chi connectivity index (χ3n) is 3.58. The van der Waals surface area contributed by atoms with Crippen molar-refractivity contribution in [1.82, 2.24) is 4.90 Å². The van der Waals surface area contributed by atoms with Crippen LogP contribution in [0.2, 0.25) is 0 Å². The molecule has 0 aromatic heterocycles. The summed E-state index contributed by atoms with van der Waals surface area (Å²) in [6.45, 7) is 3.04. The molecule has 2 nitrogen and oxygen atoms in total. The van der Waals surface area contributed by atoms with Crippen LogP contribution < -0.4 is 0 Å². The molecule has 1 aliphatic heterocycles. The predicted octanol–water partition coefficient (Wildman–Crippen LogP) is 2.40. The molecule has 1 amide bonds. The Balaban J connectivity index is 2.02. The van der Waals surface area contributed by atoms with Gasteiger partial charge in [-0.2, -0.15) is 0 Å². The molecule has 0 spiro atoms. The van der Waals surface area contributed by atoms with E-state index in [2.05, 4.69) is 6.92 Å². The number of halogens is 1. The monoisotopic (exact) mass is 215 g/mol. The summed E-state index contributed by atoms with van der Waals surface area (Å²) in [4.78, 5) is 13.7. The standard InChI is InChI=1S/C11H18ClNO/c1-8-4-2-3-5-10(8)13-7-9(12)6-11(13)14/h8-10H,2-7H2,1H3. The molecule has 0 bridgehead atoms. The normalized spacial score (nSPS) is 39.1. The minimum Gasteiger partial charge on any atom is -0.338 e. The van der Waals surface area contributed by atoms with E-state index in [0.717, 1.165) is 6.54 Å². The fraction of sp³-hybridized carbons (Fsp3) is 0.909. The first-order chi connectivity index (χ1) is 6.68. The highest BCUT2D eigenvalue weighted by atomic mass is 35.5. The lowest BCUT2D eigenvalue weighted by atomic mass is 9.85. The molecule has 0 aromatic carbocycles. The lowest BCUT2D eigenvalue weighted by Crippen LogP contribution is -2.42. The van der Waals surface area contributed by atoms with E-state index in [4.69, 9.17) is 11.6 Å². The first-order valence-corrected chi connectivity index (χ1v) is 6.05. The van der Waals surface area contributed by atoms with E-state index < -0.39 is 0 Å². The second kappa shape index (κ2) is 4.09. The van der Waals surface area contributed by atoms with Crippen LogP contribution in [0.4, 0.5) is 0 Å². The Morgan fingerprint density at radius 3 is 2.64 bits per heavy atom. The van der Waals surface area contributed by atoms with Gasteiger partial charge in [-0.1, -0.05) is 19.8 Å². The summed E-state index contributed by atoms with van der Waals surface area (Å²) < 4.78 is 0. The molecular weight excluding hydrogens is 198 g/mol. The van der Waals surface area contributed by atoms with Gasteiger partial charge in [-0.05, 0) is 18.8 Å². The average Bonchev–Trinajstić information content (AvgIpc) is 2.46. The van der Waals surface area contributed by atoms with E-state index in [1.54, 1.807) is 0 Å². The van der Waals surface area contributed by atoms with Gasteiger partial charge in [0.25, 0.3) is 0 Å². The molecule has 3 atom stereocenters. The molecule has 1 saturated heterocycles. The van der Waals surface area contributed by atoms with Crippen molar-refractivity contribution in [2.75, 3.05) is 6.54 Å². The summed E-state index contributed by atoms with van der Waals surface area (Å²) in [5.41, 5.74) is 0. The molecule has 1 aliphatic carbocycles. The van der Waals surface area contributed by atoms with Crippen LogP contribution in [-0.2, 0) is 4.79 Å². The van der Waals surface area contributed by atoms with Gasteiger partial charge in [0.15, 0.2) is 0 Å². The van der Waals surface area contributed by atoms with Gasteiger partial charge >= 0.3 is 0 Å². The summed E-state index contributed by atoms with van der Waals surface area (Å²) in [7, 11) is 0. The third-order valence-corrected chi connectivity index (χ3v) is 3.87.